The van der Waals surface area contributed by atoms with E-state index in [9.17, 15) is 4.79 Å². The van der Waals surface area contributed by atoms with Gasteiger partial charge >= 0.3 is 5.97 Å². The van der Waals surface area contributed by atoms with Crippen LogP contribution < -0.4 is 5.73 Å². The summed E-state index contributed by atoms with van der Waals surface area (Å²) in [6, 6.07) is 1.75. The van der Waals surface area contributed by atoms with Crippen LogP contribution in [0.25, 0.3) is 5.82 Å². The average Bonchev–Trinajstić information content (AvgIpc) is 2.69. The van der Waals surface area contributed by atoms with Crippen LogP contribution in [0.5, 0.6) is 0 Å². The number of nitrogen functional groups attached to an aromatic ring is 1. The highest BCUT2D eigenvalue weighted by Crippen LogP contribution is 2.14. The molecule has 0 aliphatic heterocycles. The van der Waals surface area contributed by atoms with Gasteiger partial charge in [0.1, 0.15) is 5.82 Å². The Labute approximate surface area is 104 Å². The second-order valence-corrected chi connectivity index (χ2v) is 3.78. The Balaban J connectivity index is 2.48. The number of aryl methyl sites for hydroxylation is 2. The van der Waals surface area contributed by atoms with Gasteiger partial charge in [0.05, 0.1) is 19.0 Å². The summed E-state index contributed by atoms with van der Waals surface area (Å²) in [6.07, 6.45) is 1.52. The number of ether oxygens (including phenoxy) is 1. The van der Waals surface area contributed by atoms with Crippen LogP contribution in [-0.2, 0) is 4.74 Å². The first kappa shape index (κ1) is 12.0. The Hall–Kier alpha value is -2.44. The molecule has 0 unspecified atom stereocenters. The quantitative estimate of drug-likeness (QED) is 0.782. The zero-order chi connectivity index (χ0) is 13.3. The molecule has 0 fully saturated rings. The van der Waals surface area contributed by atoms with E-state index in [2.05, 4.69) is 19.8 Å². The van der Waals surface area contributed by atoms with Gasteiger partial charge in [-0.2, -0.15) is 5.10 Å². The molecule has 94 valence electrons. The molecule has 2 rings (SSSR count). The van der Waals surface area contributed by atoms with Crippen LogP contribution in [-0.4, -0.2) is 32.8 Å². The van der Waals surface area contributed by atoms with E-state index < -0.39 is 5.97 Å². The normalized spacial score (nSPS) is 10.4. The van der Waals surface area contributed by atoms with Gasteiger partial charge in [-0.3, -0.25) is 0 Å². The first-order valence-electron chi connectivity index (χ1n) is 5.27. The van der Waals surface area contributed by atoms with Gasteiger partial charge in [0.2, 0.25) is 0 Å². The summed E-state index contributed by atoms with van der Waals surface area (Å²) in [7, 11) is 1.28. The predicted octanol–water partition coefficient (Wildman–Crippen LogP) is 0.648. The standard InChI is InChI=1S/C11H13N5O2/c1-6-4-9(14-7(2)13-6)16-5-8(12)10(15-16)11(17)18-3/h4-5H,12H2,1-3H3. The number of rotatable bonds is 2. The maximum atomic E-state index is 11.4. The van der Waals surface area contributed by atoms with E-state index in [1.54, 1.807) is 13.0 Å². The Bertz CT molecular complexity index is 585. The molecule has 0 amide bonds. The number of carbonyl (C=O) groups is 1. The fraction of sp³-hybridized carbons (Fsp3) is 0.273. The van der Waals surface area contributed by atoms with E-state index >= 15 is 0 Å². The third-order valence-electron chi connectivity index (χ3n) is 2.31. The van der Waals surface area contributed by atoms with Crippen molar-refractivity contribution in [1.29, 1.82) is 0 Å². The molecule has 0 aliphatic carbocycles. The molecule has 0 radical (unpaired) electrons. The Morgan fingerprint density at radius 1 is 1.39 bits per heavy atom. The molecule has 7 nitrogen and oxygen atoms in total. The summed E-state index contributed by atoms with van der Waals surface area (Å²) in [5, 5.41) is 4.06. The number of hydrogen-bond donors (Lipinski definition) is 1. The number of nitrogens with zero attached hydrogens (tertiary/aromatic N) is 4. The lowest BCUT2D eigenvalue weighted by molar-refractivity contribution is 0.0594. The topological polar surface area (TPSA) is 95.9 Å². The number of methoxy groups -OCH3 is 1. The van der Waals surface area contributed by atoms with Crippen molar-refractivity contribution in [3.05, 3.63) is 29.5 Å². The summed E-state index contributed by atoms with van der Waals surface area (Å²) in [6.45, 7) is 3.64. The molecule has 2 heterocycles. The van der Waals surface area contributed by atoms with Gasteiger partial charge in [0.25, 0.3) is 0 Å². The van der Waals surface area contributed by atoms with Crippen molar-refractivity contribution in [2.45, 2.75) is 13.8 Å². The summed E-state index contributed by atoms with van der Waals surface area (Å²) >= 11 is 0. The summed E-state index contributed by atoms with van der Waals surface area (Å²) in [5.74, 6) is 0.606. The maximum absolute atomic E-state index is 11.4. The summed E-state index contributed by atoms with van der Waals surface area (Å²) in [4.78, 5) is 19.8. The van der Waals surface area contributed by atoms with Gasteiger partial charge in [-0.15, -0.1) is 0 Å². The summed E-state index contributed by atoms with van der Waals surface area (Å²) in [5.41, 5.74) is 6.84. The summed E-state index contributed by atoms with van der Waals surface area (Å²) < 4.78 is 6.02. The first-order chi connectivity index (χ1) is 8.51. The largest absolute Gasteiger partial charge is 0.464 e. The molecular formula is C11H13N5O2. The molecule has 18 heavy (non-hydrogen) atoms. The minimum absolute atomic E-state index is 0.0754. The van der Waals surface area contributed by atoms with Crippen molar-refractivity contribution >= 4 is 11.7 Å². The Morgan fingerprint density at radius 2 is 2.11 bits per heavy atom. The highest BCUT2D eigenvalue weighted by atomic mass is 16.5. The molecule has 7 heteroatoms. The van der Waals surface area contributed by atoms with Crippen molar-refractivity contribution in [3.63, 3.8) is 0 Å². The van der Waals surface area contributed by atoms with Crippen LogP contribution in [0.1, 0.15) is 22.0 Å². The number of esters is 1. The van der Waals surface area contributed by atoms with E-state index in [-0.39, 0.29) is 11.4 Å². The molecular weight excluding hydrogens is 234 g/mol. The smallest absolute Gasteiger partial charge is 0.360 e. The van der Waals surface area contributed by atoms with Crippen LogP contribution in [0.15, 0.2) is 12.3 Å². The van der Waals surface area contributed by atoms with Crippen LogP contribution in [0, 0.1) is 13.8 Å². The number of anilines is 1. The number of nitrogens with two attached hydrogens (primary N) is 1. The monoisotopic (exact) mass is 247 g/mol. The van der Waals surface area contributed by atoms with Crippen molar-refractivity contribution in [2.24, 2.45) is 0 Å². The zero-order valence-corrected chi connectivity index (χ0v) is 10.3. The lowest BCUT2D eigenvalue weighted by atomic mass is 10.4. The van der Waals surface area contributed by atoms with Gasteiger partial charge in [-0.05, 0) is 13.8 Å². The molecule has 0 atom stereocenters. The first-order valence-corrected chi connectivity index (χ1v) is 5.27. The number of carbonyl (C=O) groups excluding carboxylic acids is 1. The van der Waals surface area contributed by atoms with E-state index in [0.29, 0.717) is 11.6 Å². The fourth-order valence-electron chi connectivity index (χ4n) is 1.57. The van der Waals surface area contributed by atoms with Crippen molar-refractivity contribution in [1.82, 2.24) is 19.7 Å². The zero-order valence-electron chi connectivity index (χ0n) is 10.3. The molecule has 0 saturated carbocycles. The highest BCUT2D eigenvalue weighted by molar-refractivity contribution is 5.92. The molecule has 2 aromatic heterocycles. The minimum atomic E-state index is -0.575. The average molecular weight is 247 g/mol. The second-order valence-electron chi connectivity index (χ2n) is 3.78. The van der Waals surface area contributed by atoms with E-state index in [0.717, 1.165) is 5.69 Å². The predicted molar refractivity (Wildman–Crippen MR) is 64.4 cm³/mol. The van der Waals surface area contributed by atoms with Crippen molar-refractivity contribution in [3.8, 4) is 5.82 Å². The van der Waals surface area contributed by atoms with Crippen LogP contribution >= 0.6 is 0 Å². The fourth-order valence-corrected chi connectivity index (χ4v) is 1.57. The molecule has 2 N–H and O–H groups in total. The maximum Gasteiger partial charge on any atom is 0.360 e. The molecule has 0 saturated heterocycles. The van der Waals surface area contributed by atoms with Gasteiger partial charge in [0.15, 0.2) is 11.5 Å². The second kappa shape index (κ2) is 4.44. The number of hydrogen-bond acceptors (Lipinski definition) is 6. The molecule has 0 spiro atoms. The van der Waals surface area contributed by atoms with Crippen molar-refractivity contribution < 1.29 is 9.53 Å². The Morgan fingerprint density at radius 3 is 2.72 bits per heavy atom. The van der Waals surface area contributed by atoms with Gasteiger partial charge in [-0.1, -0.05) is 0 Å². The third kappa shape index (κ3) is 2.15. The molecule has 0 bridgehead atoms. The highest BCUT2D eigenvalue weighted by Gasteiger charge is 2.16. The van der Waals surface area contributed by atoms with Gasteiger partial charge < -0.3 is 10.5 Å². The third-order valence-corrected chi connectivity index (χ3v) is 2.31. The van der Waals surface area contributed by atoms with Gasteiger partial charge in [-0.25, -0.2) is 19.4 Å². The van der Waals surface area contributed by atoms with E-state index in [1.165, 1.54) is 18.0 Å². The molecule has 0 aliphatic rings. The van der Waals surface area contributed by atoms with Crippen molar-refractivity contribution in [2.75, 3.05) is 12.8 Å². The number of aromatic nitrogens is 4. The van der Waals surface area contributed by atoms with E-state index in [1.807, 2.05) is 6.92 Å². The lowest BCUT2D eigenvalue weighted by Crippen LogP contribution is -2.07. The van der Waals surface area contributed by atoms with E-state index in [4.69, 9.17) is 5.73 Å². The molecule has 0 aromatic carbocycles. The van der Waals surface area contributed by atoms with Crippen LogP contribution in [0.2, 0.25) is 0 Å². The lowest BCUT2D eigenvalue weighted by Gasteiger charge is -2.02. The van der Waals surface area contributed by atoms with Crippen LogP contribution in [0.4, 0.5) is 5.69 Å². The minimum Gasteiger partial charge on any atom is -0.464 e. The Kier molecular flexibility index (Phi) is 2.97. The molecule has 2 aromatic rings. The van der Waals surface area contributed by atoms with Gasteiger partial charge in [0, 0.05) is 11.8 Å². The SMILES string of the molecule is COC(=O)c1nn(-c2cc(C)nc(C)n2)cc1N. The van der Waals surface area contributed by atoms with Crippen LogP contribution in [0.3, 0.4) is 0 Å².